The van der Waals surface area contributed by atoms with Crippen LogP contribution in [0.15, 0.2) is 12.1 Å². The van der Waals surface area contributed by atoms with Gasteiger partial charge in [0.2, 0.25) is 0 Å². The zero-order chi connectivity index (χ0) is 20.2. The minimum absolute atomic E-state index is 0.0706. The Bertz CT molecular complexity index is 850. The summed E-state index contributed by atoms with van der Waals surface area (Å²) in [5, 5.41) is 17.4. The number of nitrogens with zero attached hydrogens (tertiary/aromatic N) is 6. The van der Waals surface area contributed by atoms with Crippen molar-refractivity contribution >= 4 is 11.5 Å². The molecule has 2 unspecified atom stereocenters. The van der Waals surface area contributed by atoms with Gasteiger partial charge < -0.3 is 15.1 Å². The van der Waals surface area contributed by atoms with Crippen LogP contribution in [0.1, 0.15) is 58.7 Å². The largest absolute Gasteiger partial charge is 0.354 e. The van der Waals surface area contributed by atoms with Crippen LogP contribution >= 0.6 is 0 Å². The van der Waals surface area contributed by atoms with Crippen LogP contribution in [0.2, 0.25) is 0 Å². The Kier molecular flexibility index (Phi) is 4.78. The Morgan fingerprint density at radius 1 is 1.07 bits per heavy atom. The van der Waals surface area contributed by atoms with Crippen molar-refractivity contribution in [2.75, 3.05) is 31.6 Å². The van der Waals surface area contributed by atoms with Crippen molar-refractivity contribution in [3.63, 3.8) is 0 Å². The second kappa shape index (κ2) is 7.20. The highest BCUT2D eigenvalue weighted by Gasteiger charge is 2.36. The van der Waals surface area contributed by atoms with Crippen molar-refractivity contribution in [1.82, 2.24) is 30.0 Å². The lowest BCUT2D eigenvalue weighted by Crippen LogP contribution is -2.57. The molecule has 0 amide bonds. The third-order valence-electron chi connectivity index (χ3n) is 7.24. The Labute approximate surface area is 173 Å². The van der Waals surface area contributed by atoms with Gasteiger partial charge in [-0.3, -0.25) is 0 Å². The van der Waals surface area contributed by atoms with E-state index >= 15 is 0 Å². The van der Waals surface area contributed by atoms with Crippen LogP contribution in [-0.4, -0.2) is 69.5 Å². The highest BCUT2D eigenvalue weighted by molar-refractivity contribution is 5.47. The molecule has 0 aromatic carbocycles. The van der Waals surface area contributed by atoms with E-state index in [1.807, 2.05) is 10.6 Å². The standard InChI is InChI=1S/C22H35N7/c1-22(2,3)21-25-24-19-8-9-20(26-29(19)21)28-13-15(14-28)12-23-16-10-17-6-5-7-18(11-16)27(17)4/h8-9,15-18,23H,5-7,10-14H2,1-4H3. The van der Waals surface area contributed by atoms with Crippen molar-refractivity contribution in [2.45, 2.75) is 76.4 Å². The van der Waals surface area contributed by atoms with Gasteiger partial charge in [-0.2, -0.15) is 4.52 Å². The maximum Gasteiger partial charge on any atom is 0.178 e. The topological polar surface area (TPSA) is 61.6 Å². The third kappa shape index (κ3) is 3.63. The molecule has 3 aliphatic heterocycles. The Balaban J connectivity index is 1.16. The van der Waals surface area contributed by atoms with Crippen LogP contribution in [0, 0.1) is 5.92 Å². The molecule has 2 atom stereocenters. The summed E-state index contributed by atoms with van der Waals surface area (Å²) in [6, 6.07) is 6.42. The average molecular weight is 398 g/mol. The predicted octanol–water partition coefficient (Wildman–Crippen LogP) is 2.46. The van der Waals surface area contributed by atoms with Crippen molar-refractivity contribution < 1.29 is 0 Å². The molecule has 5 heterocycles. The van der Waals surface area contributed by atoms with Crippen LogP contribution in [0.3, 0.4) is 0 Å². The second-order valence-electron chi connectivity index (χ2n) is 10.5. The number of rotatable bonds is 4. The number of piperidine rings is 2. The number of fused-ring (bicyclic) bond motifs is 3. The van der Waals surface area contributed by atoms with E-state index in [4.69, 9.17) is 5.10 Å². The molecule has 5 rings (SSSR count). The van der Waals surface area contributed by atoms with Crippen molar-refractivity contribution in [2.24, 2.45) is 5.92 Å². The number of hydrogen-bond donors (Lipinski definition) is 1. The SMILES string of the molecule is CN1C2CCCC1CC(NCC1CN(c3ccc4nnc(C(C)(C)C)n4n3)C1)C2. The minimum Gasteiger partial charge on any atom is -0.354 e. The molecule has 0 saturated carbocycles. The van der Waals surface area contributed by atoms with Gasteiger partial charge in [0.25, 0.3) is 0 Å². The van der Waals surface area contributed by atoms with Gasteiger partial charge in [0.05, 0.1) is 0 Å². The summed E-state index contributed by atoms with van der Waals surface area (Å²) in [6.45, 7) is 9.75. The summed E-state index contributed by atoms with van der Waals surface area (Å²) >= 11 is 0. The molecule has 0 radical (unpaired) electrons. The van der Waals surface area contributed by atoms with Crippen molar-refractivity contribution in [3.8, 4) is 0 Å². The summed E-state index contributed by atoms with van der Waals surface area (Å²) < 4.78 is 1.91. The van der Waals surface area contributed by atoms with Crippen LogP contribution in [0.4, 0.5) is 5.82 Å². The number of nitrogens with one attached hydrogen (secondary N) is 1. The van der Waals surface area contributed by atoms with E-state index in [9.17, 15) is 0 Å². The zero-order valence-corrected chi connectivity index (χ0v) is 18.3. The third-order valence-corrected chi connectivity index (χ3v) is 7.24. The summed E-state index contributed by atoms with van der Waals surface area (Å²) in [5.41, 5.74) is 0.754. The van der Waals surface area contributed by atoms with E-state index in [0.717, 1.165) is 54.9 Å². The minimum atomic E-state index is -0.0706. The number of anilines is 1. The Morgan fingerprint density at radius 2 is 1.79 bits per heavy atom. The smallest absolute Gasteiger partial charge is 0.178 e. The van der Waals surface area contributed by atoms with Crippen molar-refractivity contribution in [1.29, 1.82) is 0 Å². The maximum atomic E-state index is 4.85. The van der Waals surface area contributed by atoms with E-state index in [-0.39, 0.29) is 5.41 Å². The Morgan fingerprint density at radius 3 is 2.48 bits per heavy atom. The Hall–Kier alpha value is -1.73. The lowest BCUT2D eigenvalue weighted by Gasteiger charge is -2.48. The van der Waals surface area contributed by atoms with E-state index < -0.39 is 0 Å². The average Bonchev–Trinajstić information content (AvgIpc) is 3.04. The quantitative estimate of drug-likeness (QED) is 0.855. The highest BCUT2D eigenvalue weighted by Crippen LogP contribution is 2.33. The first-order chi connectivity index (χ1) is 13.9. The van der Waals surface area contributed by atoms with Gasteiger partial charge in [-0.05, 0) is 44.9 Å². The molecule has 0 spiro atoms. The van der Waals surface area contributed by atoms with Gasteiger partial charge in [0.1, 0.15) is 5.82 Å². The molecule has 158 valence electrons. The molecule has 3 aliphatic rings. The van der Waals surface area contributed by atoms with E-state index in [1.54, 1.807) is 0 Å². The van der Waals surface area contributed by atoms with Crippen LogP contribution in [-0.2, 0) is 5.41 Å². The van der Waals surface area contributed by atoms with Gasteiger partial charge >= 0.3 is 0 Å². The molecule has 3 fully saturated rings. The molecule has 2 bridgehead atoms. The van der Waals surface area contributed by atoms with Crippen LogP contribution in [0.5, 0.6) is 0 Å². The summed E-state index contributed by atoms with van der Waals surface area (Å²) in [7, 11) is 2.33. The molecule has 29 heavy (non-hydrogen) atoms. The van der Waals surface area contributed by atoms with E-state index in [0.29, 0.717) is 6.04 Å². The lowest BCUT2D eigenvalue weighted by atomic mass is 9.82. The van der Waals surface area contributed by atoms with E-state index in [1.165, 1.54) is 32.1 Å². The van der Waals surface area contributed by atoms with Crippen molar-refractivity contribution in [3.05, 3.63) is 18.0 Å². The van der Waals surface area contributed by atoms with Gasteiger partial charge in [0, 0.05) is 49.1 Å². The molecule has 2 aromatic rings. The van der Waals surface area contributed by atoms with Gasteiger partial charge in [-0.1, -0.05) is 27.2 Å². The first-order valence-corrected chi connectivity index (χ1v) is 11.3. The van der Waals surface area contributed by atoms with Crippen LogP contribution in [0.25, 0.3) is 5.65 Å². The lowest BCUT2D eigenvalue weighted by molar-refractivity contribution is 0.0474. The fourth-order valence-electron chi connectivity index (χ4n) is 5.42. The molecule has 2 aromatic heterocycles. The first kappa shape index (κ1) is 19.2. The summed E-state index contributed by atoms with van der Waals surface area (Å²) in [6.07, 6.45) is 6.84. The molecule has 1 N–H and O–H groups in total. The molecule has 7 nitrogen and oxygen atoms in total. The molecular formula is C22H35N7. The van der Waals surface area contributed by atoms with E-state index in [2.05, 4.69) is 59.2 Å². The molecular weight excluding hydrogens is 362 g/mol. The number of aromatic nitrogens is 4. The molecule has 3 saturated heterocycles. The first-order valence-electron chi connectivity index (χ1n) is 11.3. The number of hydrogen-bond acceptors (Lipinski definition) is 6. The normalized spacial score (nSPS) is 28.7. The van der Waals surface area contributed by atoms with Gasteiger partial charge in [-0.25, -0.2) is 0 Å². The zero-order valence-electron chi connectivity index (χ0n) is 18.3. The summed E-state index contributed by atoms with van der Waals surface area (Å²) in [5.74, 6) is 2.67. The molecule has 7 heteroatoms. The predicted molar refractivity (Wildman–Crippen MR) is 115 cm³/mol. The van der Waals surface area contributed by atoms with Crippen LogP contribution < -0.4 is 10.2 Å². The fraction of sp³-hybridized carbons (Fsp3) is 0.773. The summed E-state index contributed by atoms with van der Waals surface area (Å²) in [4.78, 5) is 5.02. The molecule has 0 aliphatic carbocycles. The highest BCUT2D eigenvalue weighted by atomic mass is 15.4. The monoisotopic (exact) mass is 397 g/mol. The maximum absolute atomic E-state index is 4.85. The van der Waals surface area contributed by atoms with Gasteiger partial charge in [0.15, 0.2) is 11.5 Å². The fourth-order valence-corrected chi connectivity index (χ4v) is 5.42. The second-order valence-corrected chi connectivity index (χ2v) is 10.5. The van der Waals surface area contributed by atoms with Gasteiger partial charge in [-0.15, -0.1) is 15.3 Å².